The number of nitrogens with zero attached hydrogens (tertiary/aromatic N) is 2. The highest BCUT2D eigenvalue weighted by Gasteiger charge is 2.33. The summed E-state index contributed by atoms with van der Waals surface area (Å²) in [5.41, 5.74) is 1.95. The maximum atomic E-state index is 13.1. The van der Waals surface area contributed by atoms with Gasteiger partial charge >= 0.3 is 0 Å². The Kier molecular flexibility index (Phi) is 6.29. The van der Waals surface area contributed by atoms with Gasteiger partial charge in [0.05, 0.1) is 20.6 Å². The molecular weight excluding hydrogens is 380 g/mol. The molecule has 6 heteroatoms. The molecule has 0 saturated carbocycles. The molecule has 2 aromatic rings. The van der Waals surface area contributed by atoms with Crippen LogP contribution in [0.5, 0.6) is 5.75 Å². The number of aliphatic hydroxyl groups is 1. The van der Waals surface area contributed by atoms with Crippen molar-refractivity contribution in [1.82, 2.24) is 4.90 Å². The van der Waals surface area contributed by atoms with E-state index in [1.807, 2.05) is 33.2 Å². The predicted molar refractivity (Wildman–Crippen MR) is 118 cm³/mol. The van der Waals surface area contributed by atoms with Gasteiger partial charge in [-0.25, -0.2) is 0 Å². The van der Waals surface area contributed by atoms with E-state index in [0.29, 0.717) is 52.9 Å². The summed E-state index contributed by atoms with van der Waals surface area (Å²) in [6.07, 6.45) is 0.270. The summed E-state index contributed by atoms with van der Waals surface area (Å²) in [5.74, 6) is 0.108. The van der Waals surface area contributed by atoms with E-state index < -0.39 is 6.10 Å². The zero-order valence-electron chi connectivity index (χ0n) is 18.3. The molecule has 0 aliphatic carbocycles. The fourth-order valence-corrected chi connectivity index (χ4v) is 4.11. The van der Waals surface area contributed by atoms with Gasteiger partial charge in [-0.2, -0.15) is 0 Å². The lowest BCUT2D eigenvalue weighted by Gasteiger charge is -2.32. The molecule has 1 N–H and O–H groups in total. The number of imide groups is 1. The molecule has 1 aliphatic rings. The third-order valence-electron chi connectivity index (χ3n) is 5.33. The maximum absolute atomic E-state index is 13.1. The van der Waals surface area contributed by atoms with Crippen LogP contribution in [0, 0.1) is 0 Å². The van der Waals surface area contributed by atoms with Crippen molar-refractivity contribution in [1.29, 1.82) is 0 Å². The summed E-state index contributed by atoms with van der Waals surface area (Å²) in [6.45, 7) is 9.62. The average Bonchev–Trinajstić information content (AvgIpc) is 2.66. The zero-order valence-corrected chi connectivity index (χ0v) is 18.3. The van der Waals surface area contributed by atoms with Crippen molar-refractivity contribution in [3.05, 3.63) is 53.6 Å². The quantitative estimate of drug-likeness (QED) is 0.391. The number of quaternary nitrogens is 1. The Morgan fingerprint density at radius 3 is 2.47 bits per heavy atom. The van der Waals surface area contributed by atoms with Gasteiger partial charge in [0.25, 0.3) is 11.8 Å². The van der Waals surface area contributed by atoms with Crippen LogP contribution in [-0.2, 0) is 0 Å². The molecule has 1 atom stereocenters. The van der Waals surface area contributed by atoms with Crippen molar-refractivity contribution in [2.75, 3.05) is 40.3 Å². The van der Waals surface area contributed by atoms with Gasteiger partial charge in [-0.15, -0.1) is 0 Å². The topological polar surface area (TPSA) is 66.8 Å². The molecule has 0 radical (unpaired) electrons. The number of benzene rings is 2. The van der Waals surface area contributed by atoms with Crippen molar-refractivity contribution in [2.24, 2.45) is 0 Å². The molecule has 1 unspecified atom stereocenters. The molecule has 2 aromatic carbocycles. The van der Waals surface area contributed by atoms with E-state index in [0.717, 1.165) is 17.5 Å². The van der Waals surface area contributed by atoms with Crippen LogP contribution in [0.25, 0.3) is 10.8 Å². The first-order chi connectivity index (χ1) is 14.1. The molecule has 160 valence electrons. The molecule has 2 amide bonds. The summed E-state index contributed by atoms with van der Waals surface area (Å²) in [6, 6.07) is 9.00. The molecule has 6 nitrogen and oxygen atoms in total. The number of carbonyl (C=O) groups is 2. The number of carbonyl (C=O) groups excluding carboxylic acids is 2. The van der Waals surface area contributed by atoms with E-state index in [9.17, 15) is 14.7 Å². The van der Waals surface area contributed by atoms with Gasteiger partial charge in [-0.3, -0.25) is 14.5 Å². The van der Waals surface area contributed by atoms with E-state index in [1.165, 1.54) is 4.90 Å². The third-order valence-corrected chi connectivity index (χ3v) is 5.33. The standard InChI is InChI=1S/C24H31N2O4/c1-16(2)15-30-21-11-10-20-22-18(21)8-6-9-19(22)23(28)25(24(20)29)12-7-13-26(4,5)14-17(3)27/h6,8-11,17,27H,1,7,12-15H2,2-5H3/q+1. The average molecular weight is 412 g/mol. The maximum Gasteiger partial charge on any atom is 0.261 e. The zero-order chi connectivity index (χ0) is 22.1. The van der Waals surface area contributed by atoms with Crippen molar-refractivity contribution in [3.63, 3.8) is 0 Å². The second-order valence-corrected chi connectivity index (χ2v) is 8.89. The minimum absolute atomic E-state index is 0.268. The van der Waals surface area contributed by atoms with E-state index in [-0.39, 0.29) is 11.8 Å². The fourth-order valence-electron chi connectivity index (χ4n) is 4.11. The molecule has 0 spiro atoms. The number of hydrogen-bond acceptors (Lipinski definition) is 4. The van der Waals surface area contributed by atoms with Crippen LogP contribution in [0.2, 0.25) is 0 Å². The second-order valence-electron chi connectivity index (χ2n) is 8.89. The molecule has 0 bridgehead atoms. The first-order valence-corrected chi connectivity index (χ1v) is 10.3. The number of rotatable bonds is 9. The number of aliphatic hydroxyl groups excluding tert-OH is 1. The summed E-state index contributed by atoms with van der Waals surface area (Å²) in [4.78, 5) is 27.6. The Bertz CT molecular complexity index is 972. The number of amides is 2. The van der Waals surface area contributed by atoms with E-state index in [1.54, 1.807) is 25.1 Å². The van der Waals surface area contributed by atoms with Gasteiger partial charge in [-0.05, 0) is 37.6 Å². The number of likely N-dealkylation sites (N-methyl/N-ethyl adjacent to an activating group) is 1. The van der Waals surface area contributed by atoms with Gasteiger partial charge in [0.1, 0.15) is 25.0 Å². The summed E-state index contributed by atoms with van der Waals surface area (Å²) in [7, 11) is 4.07. The highest BCUT2D eigenvalue weighted by atomic mass is 16.5. The summed E-state index contributed by atoms with van der Waals surface area (Å²) in [5, 5.41) is 11.1. The van der Waals surface area contributed by atoms with Crippen LogP contribution < -0.4 is 4.74 Å². The van der Waals surface area contributed by atoms with Gasteiger partial charge in [0.2, 0.25) is 0 Å². The molecule has 1 heterocycles. The molecule has 30 heavy (non-hydrogen) atoms. The monoisotopic (exact) mass is 411 g/mol. The Labute approximate surface area is 177 Å². The normalized spacial score (nSPS) is 14.9. The molecule has 3 rings (SSSR count). The smallest absolute Gasteiger partial charge is 0.261 e. The van der Waals surface area contributed by atoms with Crippen molar-refractivity contribution >= 4 is 22.6 Å². The first kappa shape index (κ1) is 22.0. The highest BCUT2D eigenvalue weighted by molar-refractivity contribution is 6.26. The van der Waals surface area contributed by atoms with Crippen LogP contribution in [0.15, 0.2) is 42.5 Å². The van der Waals surface area contributed by atoms with Crippen LogP contribution >= 0.6 is 0 Å². The van der Waals surface area contributed by atoms with E-state index in [2.05, 4.69) is 6.58 Å². The van der Waals surface area contributed by atoms with Crippen LogP contribution in [0.4, 0.5) is 0 Å². The first-order valence-electron chi connectivity index (χ1n) is 10.3. The second kappa shape index (κ2) is 8.58. The van der Waals surface area contributed by atoms with Crippen LogP contribution in [0.1, 0.15) is 41.0 Å². The molecular formula is C24H31N2O4+. The summed E-state index contributed by atoms with van der Waals surface area (Å²) < 4.78 is 6.46. The van der Waals surface area contributed by atoms with Crippen molar-refractivity contribution in [3.8, 4) is 5.75 Å². The van der Waals surface area contributed by atoms with Crippen LogP contribution in [0.3, 0.4) is 0 Å². The van der Waals surface area contributed by atoms with Gasteiger partial charge in [0.15, 0.2) is 0 Å². The molecule has 1 aliphatic heterocycles. The van der Waals surface area contributed by atoms with Gasteiger partial charge in [0, 0.05) is 34.9 Å². The molecule has 0 fully saturated rings. The summed E-state index contributed by atoms with van der Waals surface area (Å²) >= 11 is 0. The SMILES string of the molecule is C=C(C)COc1ccc2c3c(cccc13)C(=O)N(CCC[N+](C)(C)CC(C)O)C2=O. The highest BCUT2D eigenvalue weighted by Crippen LogP contribution is 2.35. The predicted octanol–water partition coefficient (Wildman–Crippen LogP) is 3.24. The third kappa shape index (κ3) is 4.55. The van der Waals surface area contributed by atoms with E-state index in [4.69, 9.17) is 4.74 Å². The lowest BCUT2D eigenvalue weighted by atomic mass is 9.93. The van der Waals surface area contributed by atoms with Crippen LogP contribution in [-0.4, -0.2) is 72.7 Å². The van der Waals surface area contributed by atoms with Crippen molar-refractivity contribution < 1.29 is 23.9 Å². The van der Waals surface area contributed by atoms with Gasteiger partial charge < -0.3 is 14.3 Å². The molecule has 0 saturated heterocycles. The minimum Gasteiger partial charge on any atom is -0.489 e. The largest absolute Gasteiger partial charge is 0.489 e. The number of ether oxygens (including phenoxy) is 1. The Balaban J connectivity index is 1.85. The minimum atomic E-state index is -0.399. The Morgan fingerprint density at radius 2 is 1.83 bits per heavy atom. The Hall–Kier alpha value is -2.70. The fraction of sp³-hybridized carbons (Fsp3) is 0.417. The Morgan fingerprint density at radius 1 is 1.17 bits per heavy atom. The number of hydrogen-bond donors (Lipinski definition) is 1. The van der Waals surface area contributed by atoms with E-state index >= 15 is 0 Å². The van der Waals surface area contributed by atoms with Crippen molar-refractivity contribution in [2.45, 2.75) is 26.4 Å². The lowest BCUT2D eigenvalue weighted by Crippen LogP contribution is -2.47. The lowest BCUT2D eigenvalue weighted by molar-refractivity contribution is -0.893. The van der Waals surface area contributed by atoms with Gasteiger partial charge in [-0.1, -0.05) is 18.7 Å². The molecule has 0 aromatic heterocycles.